The molecule has 5 atom stereocenters. The van der Waals surface area contributed by atoms with Crippen molar-refractivity contribution >= 4 is 81.7 Å². The number of benzene rings is 3. The Bertz CT molecular complexity index is 2280. The van der Waals surface area contributed by atoms with Gasteiger partial charge in [0.25, 0.3) is 11.8 Å². The molecule has 3 saturated heterocycles. The van der Waals surface area contributed by atoms with Gasteiger partial charge in [-0.25, -0.2) is 19.4 Å². The lowest BCUT2D eigenvalue weighted by Gasteiger charge is -2.36. The summed E-state index contributed by atoms with van der Waals surface area (Å²) in [4.78, 5) is 66.2. The molecular weight excluding hydrogens is 810 g/mol. The number of hydrogen-bond acceptors (Lipinski definition) is 8. The molecule has 3 aromatic carbocycles. The molecule has 3 fully saturated rings. The number of likely N-dealkylation sites (N-methyl/N-ethyl adjacent to an activating group) is 2. The van der Waals surface area contributed by atoms with Crippen molar-refractivity contribution in [1.82, 2.24) is 19.6 Å². The van der Waals surface area contributed by atoms with Gasteiger partial charge in [0.15, 0.2) is 0 Å². The lowest BCUT2D eigenvalue weighted by Crippen LogP contribution is -2.54. The molecule has 1 aliphatic carbocycles. The number of allylic oxidation sites excluding steroid dienone is 4. The number of urea groups is 2. The number of halogens is 4. The van der Waals surface area contributed by atoms with Gasteiger partial charge in [-0.2, -0.15) is 10.5 Å². The van der Waals surface area contributed by atoms with Crippen LogP contribution in [0.2, 0.25) is 20.1 Å². The lowest BCUT2D eigenvalue weighted by atomic mass is 9.80. The Kier molecular flexibility index (Phi) is 11.2. The summed E-state index contributed by atoms with van der Waals surface area (Å²) in [7, 11) is 5.11. The number of carbonyl (C=O) groups is 4. The molecule has 57 heavy (non-hydrogen) atoms. The maximum Gasteiger partial charge on any atom is 0.332 e. The van der Waals surface area contributed by atoms with Crippen molar-refractivity contribution in [3.63, 3.8) is 0 Å². The van der Waals surface area contributed by atoms with Crippen molar-refractivity contribution in [2.75, 3.05) is 57.2 Å². The Morgan fingerprint density at radius 3 is 1.98 bits per heavy atom. The average Bonchev–Trinajstić information content (AvgIpc) is 3.72. The maximum absolute atomic E-state index is 14.8. The number of anilines is 2. The van der Waals surface area contributed by atoms with Gasteiger partial charge >= 0.3 is 12.1 Å². The van der Waals surface area contributed by atoms with Crippen LogP contribution in [0, 0.1) is 34.5 Å². The molecule has 3 aliphatic heterocycles. The van der Waals surface area contributed by atoms with Gasteiger partial charge in [-0.15, -0.1) is 0 Å². The van der Waals surface area contributed by atoms with E-state index in [1.165, 1.54) is 46.2 Å². The molecule has 0 radical (unpaired) electrons. The van der Waals surface area contributed by atoms with E-state index in [1.54, 1.807) is 32.3 Å². The number of nitriles is 2. The number of nitrogens with zero attached hydrogens (tertiary/aromatic N) is 8. The molecule has 0 saturated carbocycles. The zero-order valence-corrected chi connectivity index (χ0v) is 34.1. The molecule has 0 N–H and O–H groups in total. The molecule has 7 rings (SSSR count). The largest absolute Gasteiger partial charge is 0.332 e. The van der Waals surface area contributed by atoms with Gasteiger partial charge in [-0.05, 0) is 79.6 Å². The fourth-order valence-corrected chi connectivity index (χ4v) is 9.74. The third-order valence-electron chi connectivity index (χ3n) is 11.4. The summed E-state index contributed by atoms with van der Waals surface area (Å²) in [6.45, 7) is 1.20. The first kappa shape index (κ1) is 40.3. The first-order valence-corrected chi connectivity index (χ1v) is 19.5. The second-order valence-corrected chi connectivity index (χ2v) is 16.6. The third kappa shape index (κ3) is 7.27. The van der Waals surface area contributed by atoms with E-state index in [0.29, 0.717) is 37.3 Å². The molecule has 0 bridgehead atoms. The monoisotopic (exact) mass is 844 g/mol. The van der Waals surface area contributed by atoms with Crippen molar-refractivity contribution in [3.05, 3.63) is 116 Å². The van der Waals surface area contributed by atoms with E-state index in [-0.39, 0.29) is 43.9 Å². The zero-order chi connectivity index (χ0) is 40.9. The number of rotatable bonds is 9. The molecule has 3 aromatic rings. The SMILES string of the molecule is CN(CC(C1C(=O)N(c2cc(Cl)cc(Cl)c2)C(=O)N1C)[C@@H]1C=CC(C#N)=CC1)CN1CC(c2ccc(C#N)cc2)[C@]2(C1)C(=O)N(c1cc(Cl)cc(Cl)c1)C(=O)N2C. The fourth-order valence-electron chi connectivity index (χ4n) is 8.71. The van der Waals surface area contributed by atoms with Crippen LogP contribution in [0.1, 0.15) is 23.5 Å². The molecule has 6 amide bonds. The highest BCUT2D eigenvalue weighted by Gasteiger charge is 2.64. The lowest BCUT2D eigenvalue weighted by molar-refractivity contribution is -0.125. The molecule has 292 valence electrons. The van der Waals surface area contributed by atoms with Gasteiger partial charge in [0.05, 0.1) is 35.7 Å². The van der Waals surface area contributed by atoms with Crippen molar-refractivity contribution in [2.24, 2.45) is 11.8 Å². The zero-order valence-electron chi connectivity index (χ0n) is 31.1. The summed E-state index contributed by atoms with van der Waals surface area (Å²) in [5.41, 5.74) is 0.937. The molecule has 0 aromatic heterocycles. The van der Waals surface area contributed by atoms with Crippen LogP contribution < -0.4 is 9.80 Å². The quantitative estimate of drug-likeness (QED) is 0.204. The van der Waals surface area contributed by atoms with Crippen LogP contribution in [0.5, 0.6) is 0 Å². The minimum Gasteiger partial charge on any atom is -0.315 e. The molecule has 4 aliphatic rings. The topological polar surface area (TPSA) is 135 Å². The van der Waals surface area contributed by atoms with Crippen molar-refractivity contribution in [1.29, 1.82) is 10.5 Å². The van der Waals surface area contributed by atoms with Gasteiger partial charge in [0.1, 0.15) is 11.6 Å². The number of likely N-dealkylation sites (tertiary alicyclic amines) is 1. The molecule has 3 heterocycles. The highest BCUT2D eigenvalue weighted by molar-refractivity contribution is 6.36. The smallest absolute Gasteiger partial charge is 0.315 e. The van der Waals surface area contributed by atoms with Crippen LogP contribution >= 0.6 is 46.4 Å². The van der Waals surface area contributed by atoms with Gasteiger partial charge in [-0.3, -0.25) is 19.4 Å². The Balaban J connectivity index is 1.20. The summed E-state index contributed by atoms with van der Waals surface area (Å²) >= 11 is 25.2. The van der Waals surface area contributed by atoms with E-state index in [4.69, 9.17) is 46.4 Å². The summed E-state index contributed by atoms with van der Waals surface area (Å²) in [5.74, 6) is -2.01. The summed E-state index contributed by atoms with van der Waals surface area (Å²) < 4.78 is 0. The highest BCUT2D eigenvalue weighted by atomic mass is 35.5. The van der Waals surface area contributed by atoms with E-state index in [2.05, 4.69) is 17.0 Å². The van der Waals surface area contributed by atoms with Gasteiger partial charge in [0, 0.05) is 71.2 Å². The van der Waals surface area contributed by atoms with Crippen LogP contribution in [0.4, 0.5) is 21.0 Å². The third-order valence-corrected chi connectivity index (χ3v) is 12.2. The first-order chi connectivity index (χ1) is 27.2. The summed E-state index contributed by atoms with van der Waals surface area (Å²) in [5, 5.41) is 20.1. The van der Waals surface area contributed by atoms with Crippen molar-refractivity contribution < 1.29 is 19.2 Å². The van der Waals surface area contributed by atoms with Gasteiger partial charge in [-0.1, -0.05) is 70.7 Å². The molecular formula is C41H36Cl4N8O4. The Morgan fingerprint density at radius 1 is 0.842 bits per heavy atom. The summed E-state index contributed by atoms with van der Waals surface area (Å²) in [6, 6.07) is 18.5. The Labute approximate surface area is 350 Å². The second-order valence-electron chi connectivity index (χ2n) is 14.8. The van der Waals surface area contributed by atoms with Crippen LogP contribution in [-0.2, 0) is 9.59 Å². The van der Waals surface area contributed by atoms with Crippen LogP contribution in [0.3, 0.4) is 0 Å². The minimum atomic E-state index is -1.34. The molecule has 16 heteroatoms. The fraction of sp³-hybridized carbons (Fsp3) is 0.317. The number of amides is 6. The van der Waals surface area contributed by atoms with Gasteiger partial charge in [0.2, 0.25) is 0 Å². The van der Waals surface area contributed by atoms with E-state index in [0.717, 1.165) is 15.4 Å². The van der Waals surface area contributed by atoms with E-state index in [1.807, 2.05) is 36.2 Å². The van der Waals surface area contributed by atoms with E-state index in [9.17, 15) is 29.7 Å². The maximum atomic E-state index is 14.8. The number of carbonyl (C=O) groups excluding carboxylic acids is 4. The van der Waals surface area contributed by atoms with E-state index < -0.39 is 47.3 Å². The van der Waals surface area contributed by atoms with Crippen LogP contribution in [0.25, 0.3) is 0 Å². The van der Waals surface area contributed by atoms with Gasteiger partial charge < -0.3 is 9.80 Å². The van der Waals surface area contributed by atoms with Crippen LogP contribution in [-0.4, -0.2) is 103 Å². The minimum absolute atomic E-state index is 0.167. The molecule has 3 unspecified atom stereocenters. The highest BCUT2D eigenvalue weighted by Crippen LogP contribution is 2.47. The van der Waals surface area contributed by atoms with Crippen molar-refractivity contribution in [2.45, 2.75) is 23.9 Å². The molecule has 12 nitrogen and oxygen atoms in total. The Morgan fingerprint density at radius 2 is 1.44 bits per heavy atom. The van der Waals surface area contributed by atoms with Crippen LogP contribution in [0.15, 0.2) is 84.5 Å². The predicted molar refractivity (Wildman–Crippen MR) is 218 cm³/mol. The number of imide groups is 2. The predicted octanol–water partition coefficient (Wildman–Crippen LogP) is 7.41. The normalized spacial score (nSPS) is 24.2. The summed E-state index contributed by atoms with van der Waals surface area (Å²) in [6.07, 6.45) is 5.96. The Hall–Kier alpha value is -4.92. The molecule has 1 spiro atoms. The second kappa shape index (κ2) is 15.8. The van der Waals surface area contributed by atoms with E-state index >= 15 is 0 Å². The van der Waals surface area contributed by atoms with Crippen molar-refractivity contribution in [3.8, 4) is 12.1 Å². The average molecular weight is 847 g/mol. The standard InChI is InChI=1S/C41H36Cl4N8O4/c1-48(20-34(26-8-4-24(18-46)5-9-26)36-37(54)52(39(56)49(36)2)32-14-28(42)12-29(43)15-32)23-51-21-35(27-10-6-25(19-47)7-11-27)41(22-51)38(55)53(40(57)50(41)3)33-16-30(44)13-31(45)17-33/h4-8,10-17,26,34-36H,9,20-23H2,1-3H3/t26-,34?,35?,36?,41-/m1/s1. The first-order valence-electron chi connectivity index (χ1n) is 18.0. The number of hydrogen-bond donors (Lipinski definition) is 0.